The highest BCUT2D eigenvalue weighted by atomic mass is 16.7. The van der Waals surface area contributed by atoms with Gasteiger partial charge in [-0.15, -0.1) is 0 Å². The van der Waals surface area contributed by atoms with Gasteiger partial charge in [0.25, 0.3) is 0 Å². The Hall–Kier alpha value is -2.51. The van der Waals surface area contributed by atoms with Gasteiger partial charge in [0.2, 0.25) is 0 Å². The zero-order valence-corrected chi connectivity index (χ0v) is 23.9. The third-order valence-corrected chi connectivity index (χ3v) is 10.8. The fourth-order valence-electron chi connectivity index (χ4n) is 8.45. The van der Waals surface area contributed by atoms with Gasteiger partial charge in [-0.05, 0) is 60.7 Å². The Labute approximate surface area is 226 Å². The number of carbonyl (C=O) groups is 3. The van der Waals surface area contributed by atoms with E-state index < -0.39 is 29.9 Å². The molecule has 4 rings (SSSR count). The first-order chi connectivity index (χ1) is 18.0. The van der Waals surface area contributed by atoms with E-state index in [2.05, 4.69) is 39.8 Å². The third-order valence-electron chi connectivity index (χ3n) is 10.8. The summed E-state index contributed by atoms with van der Waals surface area (Å²) in [5.74, 6) is 1.73. The zero-order valence-electron chi connectivity index (χ0n) is 23.9. The summed E-state index contributed by atoms with van der Waals surface area (Å²) in [5.41, 5.74) is 2.33. The van der Waals surface area contributed by atoms with Crippen LogP contribution in [0.4, 0.5) is 9.59 Å². The number of esters is 1. The minimum Gasteiger partial charge on any atom is -0.469 e. The molecular formula is C30H44O8. The van der Waals surface area contributed by atoms with E-state index in [4.69, 9.17) is 23.7 Å². The number of hydrogen-bond donors (Lipinski definition) is 0. The summed E-state index contributed by atoms with van der Waals surface area (Å²) in [6.07, 6.45) is 7.85. The summed E-state index contributed by atoms with van der Waals surface area (Å²) >= 11 is 0. The van der Waals surface area contributed by atoms with Gasteiger partial charge in [-0.25, -0.2) is 9.59 Å². The molecule has 0 radical (unpaired) electrons. The Morgan fingerprint density at radius 3 is 2.26 bits per heavy atom. The Balaban J connectivity index is 1.62. The molecular weight excluding hydrogens is 488 g/mol. The van der Waals surface area contributed by atoms with E-state index in [-0.39, 0.29) is 23.2 Å². The van der Waals surface area contributed by atoms with Crippen LogP contribution in [0.3, 0.4) is 0 Å². The van der Waals surface area contributed by atoms with Gasteiger partial charge in [-0.1, -0.05) is 51.0 Å². The highest BCUT2D eigenvalue weighted by Crippen LogP contribution is 2.66. The molecule has 0 aromatic carbocycles. The standard InChI is InChI=1S/C30H44O8/c1-17(14-26(31)34-5)18(2)22-10-11-23-21-9-8-19-15-20(37-27(32)35-6)16-25(38-28(33)36-7)30(19,4)24(21)12-13-29(22,23)3/h8-9,17-18,20,22-25H,10-16H2,1-7H3/t17-,18-,20-,22-,23+,24+,25+,29-,30+/m1/s1. The number of methoxy groups -OCH3 is 3. The quantitative estimate of drug-likeness (QED) is 0.293. The predicted octanol–water partition coefficient (Wildman–Crippen LogP) is 6.23. The van der Waals surface area contributed by atoms with E-state index in [0.29, 0.717) is 37.0 Å². The van der Waals surface area contributed by atoms with Crippen molar-refractivity contribution in [2.24, 2.45) is 40.4 Å². The second-order valence-electron chi connectivity index (χ2n) is 12.3. The summed E-state index contributed by atoms with van der Waals surface area (Å²) in [6, 6.07) is 0. The maximum atomic E-state index is 12.3. The van der Waals surface area contributed by atoms with Crippen LogP contribution >= 0.6 is 0 Å². The van der Waals surface area contributed by atoms with Crippen molar-refractivity contribution in [2.45, 2.75) is 84.8 Å². The summed E-state index contributed by atoms with van der Waals surface area (Å²) in [4.78, 5) is 36.2. The van der Waals surface area contributed by atoms with E-state index in [1.165, 1.54) is 26.9 Å². The molecule has 9 atom stereocenters. The molecule has 4 aliphatic rings. The van der Waals surface area contributed by atoms with Crippen LogP contribution < -0.4 is 0 Å². The summed E-state index contributed by atoms with van der Waals surface area (Å²) in [6.45, 7) is 9.12. The van der Waals surface area contributed by atoms with Gasteiger partial charge in [0.1, 0.15) is 12.2 Å². The minimum atomic E-state index is -0.732. The molecule has 212 valence electrons. The Morgan fingerprint density at radius 2 is 1.61 bits per heavy atom. The van der Waals surface area contributed by atoms with E-state index in [1.54, 1.807) is 0 Å². The van der Waals surface area contributed by atoms with E-state index in [1.807, 2.05) is 0 Å². The maximum Gasteiger partial charge on any atom is 0.508 e. The first-order valence-corrected chi connectivity index (χ1v) is 14.0. The molecule has 0 spiro atoms. The summed E-state index contributed by atoms with van der Waals surface area (Å²) < 4.78 is 25.9. The number of hydrogen-bond acceptors (Lipinski definition) is 8. The van der Waals surface area contributed by atoms with Crippen molar-refractivity contribution >= 4 is 18.3 Å². The largest absolute Gasteiger partial charge is 0.508 e. The molecule has 38 heavy (non-hydrogen) atoms. The molecule has 0 heterocycles. The lowest BCUT2D eigenvalue weighted by molar-refractivity contribution is -0.142. The molecule has 0 aromatic rings. The molecule has 0 aromatic heterocycles. The summed E-state index contributed by atoms with van der Waals surface area (Å²) in [5, 5.41) is 0. The lowest BCUT2D eigenvalue weighted by Crippen LogP contribution is -2.54. The fraction of sp³-hybridized carbons (Fsp3) is 0.767. The van der Waals surface area contributed by atoms with Crippen LogP contribution in [-0.4, -0.2) is 51.8 Å². The Bertz CT molecular complexity index is 1000. The second kappa shape index (κ2) is 10.9. The van der Waals surface area contributed by atoms with Gasteiger partial charge < -0.3 is 23.7 Å². The monoisotopic (exact) mass is 532 g/mol. The zero-order chi connectivity index (χ0) is 27.8. The van der Waals surface area contributed by atoms with Crippen molar-refractivity contribution < 1.29 is 38.1 Å². The average molecular weight is 533 g/mol. The number of fused-ring (bicyclic) bond motifs is 5. The highest BCUT2D eigenvalue weighted by Gasteiger charge is 2.60. The third kappa shape index (κ3) is 4.84. The number of rotatable bonds is 6. The number of ether oxygens (including phenoxy) is 5. The van der Waals surface area contributed by atoms with Gasteiger partial charge in [0.15, 0.2) is 0 Å². The van der Waals surface area contributed by atoms with Crippen molar-refractivity contribution in [2.75, 3.05) is 21.3 Å². The van der Waals surface area contributed by atoms with Gasteiger partial charge in [0, 0.05) is 24.7 Å². The number of allylic oxidation sites excluding steroid dienone is 3. The van der Waals surface area contributed by atoms with Gasteiger partial charge in [0.05, 0.1) is 21.3 Å². The topological polar surface area (TPSA) is 97.4 Å². The van der Waals surface area contributed by atoms with Crippen LogP contribution in [0.15, 0.2) is 23.3 Å². The highest BCUT2D eigenvalue weighted by molar-refractivity contribution is 5.69. The van der Waals surface area contributed by atoms with Gasteiger partial charge >= 0.3 is 18.3 Å². The smallest absolute Gasteiger partial charge is 0.469 e. The Morgan fingerprint density at radius 1 is 0.921 bits per heavy atom. The van der Waals surface area contributed by atoms with Crippen LogP contribution in [0.2, 0.25) is 0 Å². The second-order valence-corrected chi connectivity index (χ2v) is 12.3. The molecule has 0 saturated heterocycles. The van der Waals surface area contributed by atoms with Crippen LogP contribution in [-0.2, 0) is 28.5 Å². The maximum absolute atomic E-state index is 12.3. The first kappa shape index (κ1) is 28.5. The lowest BCUT2D eigenvalue weighted by Gasteiger charge is -2.57. The van der Waals surface area contributed by atoms with Crippen LogP contribution in [0.1, 0.15) is 72.6 Å². The molecule has 0 bridgehead atoms. The molecule has 0 aliphatic heterocycles. The van der Waals surface area contributed by atoms with Crippen molar-refractivity contribution in [3.05, 3.63) is 23.3 Å². The van der Waals surface area contributed by atoms with Crippen LogP contribution in [0, 0.1) is 40.4 Å². The molecule has 4 aliphatic carbocycles. The van der Waals surface area contributed by atoms with Gasteiger partial charge in [-0.3, -0.25) is 4.79 Å². The van der Waals surface area contributed by atoms with Crippen molar-refractivity contribution in [1.29, 1.82) is 0 Å². The summed E-state index contributed by atoms with van der Waals surface area (Å²) in [7, 11) is 4.06. The lowest BCUT2D eigenvalue weighted by atomic mass is 9.49. The molecule has 3 fully saturated rings. The molecule has 3 saturated carbocycles. The Kier molecular flexibility index (Phi) is 8.20. The average Bonchev–Trinajstić information content (AvgIpc) is 3.25. The molecule has 0 amide bonds. The fourth-order valence-corrected chi connectivity index (χ4v) is 8.45. The van der Waals surface area contributed by atoms with E-state index in [9.17, 15) is 14.4 Å². The van der Waals surface area contributed by atoms with Crippen LogP contribution in [0.5, 0.6) is 0 Å². The normalized spacial score (nSPS) is 37.2. The van der Waals surface area contributed by atoms with Gasteiger partial charge in [-0.2, -0.15) is 0 Å². The van der Waals surface area contributed by atoms with E-state index in [0.717, 1.165) is 31.3 Å². The van der Waals surface area contributed by atoms with E-state index >= 15 is 0 Å². The molecule has 0 N–H and O–H groups in total. The predicted molar refractivity (Wildman–Crippen MR) is 140 cm³/mol. The van der Waals surface area contributed by atoms with Crippen molar-refractivity contribution in [3.8, 4) is 0 Å². The molecule has 8 nitrogen and oxygen atoms in total. The molecule has 0 unspecified atom stereocenters. The van der Waals surface area contributed by atoms with Crippen molar-refractivity contribution in [1.82, 2.24) is 0 Å². The number of carbonyl (C=O) groups excluding carboxylic acids is 3. The first-order valence-electron chi connectivity index (χ1n) is 14.0. The van der Waals surface area contributed by atoms with Crippen LogP contribution in [0.25, 0.3) is 0 Å². The van der Waals surface area contributed by atoms with Crippen molar-refractivity contribution in [3.63, 3.8) is 0 Å². The SMILES string of the molecule is COC(=O)C[C@@H](C)[C@@H](C)[C@H]1CC[C@H]2C3=CC=C4C[C@@H](OC(=O)OC)C[C@H](OC(=O)OC)[C@]4(C)[C@H]3CC[C@]12C. The molecule has 8 heteroatoms. The minimum absolute atomic E-state index is 0.142.